The van der Waals surface area contributed by atoms with Crippen molar-refractivity contribution < 1.29 is 15.0 Å². The molecule has 0 bridgehead atoms. The smallest absolute Gasteiger partial charge is 0.337 e. The minimum absolute atomic E-state index is 0.123. The predicted molar refractivity (Wildman–Crippen MR) is 96.1 cm³/mol. The van der Waals surface area contributed by atoms with Crippen molar-refractivity contribution in [3.05, 3.63) is 51.3 Å². The Morgan fingerprint density at radius 2 is 2.13 bits per heavy atom. The van der Waals surface area contributed by atoms with Crippen molar-refractivity contribution in [2.75, 3.05) is 6.61 Å². The van der Waals surface area contributed by atoms with E-state index in [1.165, 1.54) is 4.88 Å². The van der Waals surface area contributed by atoms with Crippen LogP contribution in [0.4, 0.5) is 0 Å². The van der Waals surface area contributed by atoms with Crippen LogP contribution < -0.4 is 0 Å². The Kier molecular flexibility index (Phi) is 5.27. The quantitative estimate of drug-likeness (QED) is 0.782. The molecule has 1 aliphatic carbocycles. The van der Waals surface area contributed by atoms with Gasteiger partial charge in [-0.25, -0.2) is 4.79 Å². The number of aromatic carboxylic acids is 1. The number of thiophene rings is 1. The Morgan fingerprint density at radius 1 is 1.43 bits per heavy atom. The van der Waals surface area contributed by atoms with E-state index in [1.807, 2.05) is 19.1 Å². The fourth-order valence-corrected chi connectivity index (χ4v) is 4.46. The van der Waals surface area contributed by atoms with E-state index in [0.717, 1.165) is 35.3 Å². The third kappa shape index (κ3) is 3.48. The molecule has 1 aliphatic rings. The highest BCUT2D eigenvalue weighted by molar-refractivity contribution is 7.13. The summed E-state index contributed by atoms with van der Waals surface area (Å²) in [7, 11) is 0. The lowest BCUT2D eigenvalue weighted by molar-refractivity contribution is 0.0695. The van der Waals surface area contributed by atoms with Crippen molar-refractivity contribution in [3.8, 4) is 0 Å². The van der Waals surface area contributed by atoms with Crippen molar-refractivity contribution in [1.29, 1.82) is 0 Å². The van der Waals surface area contributed by atoms with Crippen LogP contribution in [0.25, 0.3) is 5.57 Å². The Bertz CT molecular complexity index is 690. The first kappa shape index (κ1) is 17.7. The summed E-state index contributed by atoms with van der Waals surface area (Å²) in [6.45, 7) is 9.84. The molecule has 0 amide bonds. The van der Waals surface area contributed by atoms with Gasteiger partial charge in [0.15, 0.2) is 0 Å². The summed E-state index contributed by atoms with van der Waals surface area (Å²) >= 11 is 1.55. The standard InChI is InChI=1S/C19H24O3S/c1-5-7-13(12(6-2)11-20)17-16(18(21)22)14-10-19(3,4)9-8-15(14)23-17/h5-7,20H,2,8-11H2,1,3-4H3,(H,21,22)/b7-5-,13-12-. The lowest BCUT2D eigenvalue weighted by atomic mass is 9.76. The molecule has 4 heteroatoms. The van der Waals surface area contributed by atoms with Gasteiger partial charge in [0.05, 0.1) is 12.2 Å². The number of rotatable bonds is 5. The molecule has 0 saturated heterocycles. The first-order chi connectivity index (χ1) is 10.8. The highest BCUT2D eigenvalue weighted by Crippen LogP contribution is 2.44. The van der Waals surface area contributed by atoms with E-state index in [4.69, 9.17) is 0 Å². The highest BCUT2D eigenvalue weighted by Gasteiger charge is 2.33. The van der Waals surface area contributed by atoms with E-state index >= 15 is 0 Å². The number of aryl methyl sites for hydroxylation is 1. The highest BCUT2D eigenvalue weighted by atomic mass is 32.1. The Morgan fingerprint density at radius 3 is 2.65 bits per heavy atom. The number of aliphatic hydroxyl groups is 1. The van der Waals surface area contributed by atoms with Crippen LogP contribution in [0.2, 0.25) is 0 Å². The maximum absolute atomic E-state index is 11.9. The van der Waals surface area contributed by atoms with Gasteiger partial charge in [-0.3, -0.25) is 0 Å². The lowest BCUT2D eigenvalue weighted by Crippen LogP contribution is -2.22. The number of aliphatic hydroxyl groups excluding tert-OH is 1. The largest absolute Gasteiger partial charge is 0.478 e. The molecule has 3 nitrogen and oxygen atoms in total. The molecule has 0 unspecified atom stereocenters. The number of hydrogen-bond acceptors (Lipinski definition) is 3. The van der Waals surface area contributed by atoms with E-state index in [1.54, 1.807) is 17.4 Å². The second-order valence-electron chi connectivity index (χ2n) is 6.66. The van der Waals surface area contributed by atoms with Crippen molar-refractivity contribution in [3.63, 3.8) is 0 Å². The Hall–Kier alpha value is -1.65. The predicted octanol–water partition coefficient (Wildman–Crippen LogP) is 4.47. The molecule has 0 saturated carbocycles. The van der Waals surface area contributed by atoms with Gasteiger partial charge in [-0.15, -0.1) is 11.3 Å². The topological polar surface area (TPSA) is 57.5 Å². The molecular formula is C19H24O3S. The third-order valence-corrected chi connectivity index (χ3v) is 5.65. The first-order valence-electron chi connectivity index (χ1n) is 7.82. The Labute approximate surface area is 141 Å². The summed E-state index contributed by atoms with van der Waals surface area (Å²) in [4.78, 5) is 13.9. The fraction of sp³-hybridized carbons (Fsp3) is 0.421. The first-order valence-corrected chi connectivity index (χ1v) is 8.63. The summed E-state index contributed by atoms with van der Waals surface area (Å²) in [6, 6.07) is 0. The van der Waals surface area contributed by atoms with Crippen molar-refractivity contribution in [2.45, 2.75) is 40.0 Å². The van der Waals surface area contributed by atoms with E-state index in [0.29, 0.717) is 11.1 Å². The van der Waals surface area contributed by atoms with Crippen LogP contribution in [-0.4, -0.2) is 22.8 Å². The zero-order valence-electron chi connectivity index (χ0n) is 14.0. The van der Waals surface area contributed by atoms with Crippen LogP contribution in [0.5, 0.6) is 0 Å². The summed E-state index contributed by atoms with van der Waals surface area (Å²) < 4.78 is 0. The molecule has 0 fully saturated rings. The molecule has 0 radical (unpaired) electrons. The van der Waals surface area contributed by atoms with Crippen molar-refractivity contribution in [1.82, 2.24) is 0 Å². The number of fused-ring (bicyclic) bond motifs is 1. The fourth-order valence-electron chi connectivity index (χ4n) is 3.09. The number of carbonyl (C=O) groups is 1. The van der Waals surface area contributed by atoms with Crippen LogP contribution in [0.1, 0.15) is 52.9 Å². The molecule has 0 aromatic carbocycles. The zero-order chi connectivity index (χ0) is 17.2. The monoisotopic (exact) mass is 332 g/mol. The number of hydrogen-bond donors (Lipinski definition) is 2. The van der Waals surface area contributed by atoms with Crippen LogP contribution >= 0.6 is 11.3 Å². The summed E-state index contributed by atoms with van der Waals surface area (Å²) in [6.07, 6.45) is 8.09. The summed E-state index contributed by atoms with van der Waals surface area (Å²) in [5.74, 6) is -0.890. The number of carboxylic acids is 1. The van der Waals surface area contributed by atoms with Gasteiger partial charge in [0.2, 0.25) is 0 Å². The van der Waals surface area contributed by atoms with Crippen LogP contribution in [0.3, 0.4) is 0 Å². The van der Waals surface area contributed by atoms with E-state index in [9.17, 15) is 15.0 Å². The van der Waals surface area contributed by atoms with Gasteiger partial charge in [-0.1, -0.05) is 38.7 Å². The van der Waals surface area contributed by atoms with E-state index in [-0.39, 0.29) is 12.0 Å². The molecule has 2 N–H and O–H groups in total. The van der Waals surface area contributed by atoms with Crippen LogP contribution in [-0.2, 0) is 12.8 Å². The molecule has 124 valence electrons. The molecule has 23 heavy (non-hydrogen) atoms. The molecule has 0 spiro atoms. The van der Waals surface area contributed by atoms with Gasteiger partial charge in [0.1, 0.15) is 0 Å². The molecule has 0 aliphatic heterocycles. The van der Waals surface area contributed by atoms with Crippen LogP contribution in [0, 0.1) is 5.41 Å². The van der Waals surface area contributed by atoms with Gasteiger partial charge in [-0.05, 0) is 48.3 Å². The summed E-state index contributed by atoms with van der Waals surface area (Å²) in [5.41, 5.74) is 2.91. The van der Waals surface area contributed by atoms with E-state index < -0.39 is 5.97 Å². The second kappa shape index (κ2) is 6.85. The average molecular weight is 332 g/mol. The lowest BCUT2D eigenvalue weighted by Gasteiger charge is -2.29. The maximum atomic E-state index is 11.9. The molecular weight excluding hydrogens is 308 g/mol. The van der Waals surface area contributed by atoms with Crippen molar-refractivity contribution in [2.24, 2.45) is 5.41 Å². The van der Waals surface area contributed by atoms with Gasteiger partial charge >= 0.3 is 5.97 Å². The third-order valence-electron chi connectivity index (χ3n) is 4.33. The molecule has 1 aromatic rings. The number of allylic oxidation sites excluding steroid dienone is 3. The Balaban J connectivity index is 2.73. The van der Waals surface area contributed by atoms with Gasteiger partial charge in [-0.2, -0.15) is 0 Å². The molecule has 0 atom stereocenters. The van der Waals surface area contributed by atoms with Gasteiger partial charge in [0.25, 0.3) is 0 Å². The van der Waals surface area contributed by atoms with Crippen LogP contribution in [0.15, 0.2) is 30.4 Å². The average Bonchev–Trinajstić information content (AvgIpc) is 2.84. The minimum Gasteiger partial charge on any atom is -0.478 e. The SMILES string of the molecule is C=C/C(CO)=C(\C=C/C)c1sc2c(c1C(=O)O)CC(C)(C)CC2. The second-order valence-corrected chi connectivity index (χ2v) is 7.76. The molecule has 2 rings (SSSR count). The van der Waals surface area contributed by atoms with Gasteiger partial charge in [0, 0.05) is 9.75 Å². The van der Waals surface area contributed by atoms with Crippen molar-refractivity contribution >= 4 is 22.9 Å². The molecule has 1 heterocycles. The maximum Gasteiger partial charge on any atom is 0.337 e. The number of carboxylic acid groups (broad SMARTS) is 1. The van der Waals surface area contributed by atoms with Gasteiger partial charge < -0.3 is 10.2 Å². The summed E-state index contributed by atoms with van der Waals surface area (Å²) in [5, 5.41) is 19.4. The van der Waals surface area contributed by atoms with E-state index in [2.05, 4.69) is 20.4 Å². The zero-order valence-corrected chi connectivity index (χ0v) is 14.8. The molecule has 1 aromatic heterocycles. The minimum atomic E-state index is -0.890. The normalized spacial score (nSPS) is 17.7.